The molecule has 0 bridgehead atoms. The lowest BCUT2D eigenvalue weighted by atomic mass is 10.1. The van der Waals surface area contributed by atoms with Gasteiger partial charge in [0.2, 0.25) is 0 Å². The Morgan fingerprint density at radius 3 is 2.90 bits per heavy atom. The van der Waals surface area contributed by atoms with Crippen LogP contribution in [0.1, 0.15) is 23.4 Å². The SMILES string of the molecule is [2H]c1c([2H])c([2H])c(C[C@@H](N)C([2H])([2H])[2H])c([2H])c1[2H]. The summed E-state index contributed by atoms with van der Waals surface area (Å²) in [5.41, 5.74) is 5.40. The molecule has 0 aliphatic rings. The molecule has 0 radical (unpaired) electrons. The van der Waals surface area contributed by atoms with Crippen molar-refractivity contribution < 1.29 is 11.0 Å². The van der Waals surface area contributed by atoms with E-state index in [9.17, 15) is 0 Å². The molecule has 1 aromatic rings. The molecule has 0 aliphatic carbocycles. The summed E-state index contributed by atoms with van der Waals surface area (Å²) in [4.78, 5) is 0. The summed E-state index contributed by atoms with van der Waals surface area (Å²) in [6.45, 7) is -2.43. The van der Waals surface area contributed by atoms with Gasteiger partial charge in [-0.05, 0) is 18.8 Å². The van der Waals surface area contributed by atoms with E-state index in [1.165, 1.54) is 0 Å². The van der Waals surface area contributed by atoms with E-state index >= 15 is 0 Å². The molecule has 0 aromatic heterocycles. The van der Waals surface area contributed by atoms with Gasteiger partial charge in [-0.25, -0.2) is 0 Å². The molecule has 1 atom stereocenters. The molecule has 0 spiro atoms. The third-order valence-electron chi connectivity index (χ3n) is 0.976. The fraction of sp³-hybridized carbons (Fsp3) is 0.333. The van der Waals surface area contributed by atoms with Crippen LogP contribution in [0, 0.1) is 0 Å². The highest BCUT2D eigenvalue weighted by Crippen LogP contribution is 2.00. The largest absolute Gasteiger partial charge is 0.328 e. The van der Waals surface area contributed by atoms with Gasteiger partial charge in [-0.3, -0.25) is 0 Å². The van der Waals surface area contributed by atoms with Crippen molar-refractivity contribution in [2.45, 2.75) is 19.3 Å². The van der Waals surface area contributed by atoms with E-state index < -0.39 is 43.1 Å². The second-order valence-electron chi connectivity index (χ2n) is 1.91. The van der Waals surface area contributed by atoms with Crippen LogP contribution >= 0.6 is 0 Å². The van der Waals surface area contributed by atoms with Crippen LogP contribution in [0.2, 0.25) is 0 Å². The molecular weight excluding hydrogens is 122 g/mol. The summed E-state index contributed by atoms with van der Waals surface area (Å²) < 4.78 is 58.9. The molecule has 0 fully saturated rings. The van der Waals surface area contributed by atoms with Crippen molar-refractivity contribution in [2.75, 3.05) is 0 Å². The number of benzene rings is 1. The van der Waals surface area contributed by atoms with Gasteiger partial charge in [-0.15, -0.1) is 0 Å². The first-order valence-electron chi connectivity index (χ1n) is 6.88. The maximum Gasteiger partial charge on any atom is 0.0626 e. The summed E-state index contributed by atoms with van der Waals surface area (Å²) in [5, 5.41) is 0. The lowest BCUT2D eigenvalue weighted by Gasteiger charge is -2.02. The Hall–Kier alpha value is -0.820. The number of hydrogen-bond acceptors (Lipinski definition) is 1. The highest BCUT2D eigenvalue weighted by Gasteiger charge is 1.94. The summed E-state index contributed by atoms with van der Waals surface area (Å²) in [6, 6.07) is -3.54. The van der Waals surface area contributed by atoms with E-state index in [1.807, 2.05) is 0 Å². The van der Waals surface area contributed by atoms with Gasteiger partial charge < -0.3 is 5.73 Å². The van der Waals surface area contributed by atoms with Gasteiger partial charge in [0.1, 0.15) is 0 Å². The van der Waals surface area contributed by atoms with Crippen molar-refractivity contribution in [2.24, 2.45) is 5.73 Å². The lowest BCUT2D eigenvalue weighted by Crippen LogP contribution is -2.17. The van der Waals surface area contributed by atoms with Crippen LogP contribution < -0.4 is 5.73 Å². The minimum Gasteiger partial charge on any atom is -0.328 e. The third-order valence-corrected chi connectivity index (χ3v) is 0.976. The predicted octanol–water partition coefficient (Wildman–Crippen LogP) is 1.58. The van der Waals surface area contributed by atoms with Crippen molar-refractivity contribution in [3.63, 3.8) is 0 Å². The average Bonchev–Trinajstić information content (AvgIpc) is 2.28. The molecule has 0 aliphatic heterocycles. The van der Waals surface area contributed by atoms with Gasteiger partial charge >= 0.3 is 0 Å². The fourth-order valence-corrected chi connectivity index (χ4v) is 0.598. The Balaban J connectivity index is 3.26. The molecule has 1 nitrogen and oxygen atoms in total. The molecule has 2 N–H and O–H groups in total. The second kappa shape index (κ2) is 3.37. The van der Waals surface area contributed by atoms with Crippen LogP contribution in [0.25, 0.3) is 0 Å². The first-order valence-corrected chi connectivity index (χ1v) is 2.88. The second-order valence-corrected chi connectivity index (χ2v) is 1.91. The molecule has 1 aromatic carbocycles. The zero-order valence-corrected chi connectivity index (χ0v) is 5.36. The van der Waals surface area contributed by atoms with Gasteiger partial charge in [0.15, 0.2) is 0 Å². The summed E-state index contributed by atoms with van der Waals surface area (Å²) in [6.07, 6.45) is -0.286. The Labute approximate surface area is 73.1 Å². The van der Waals surface area contributed by atoms with E-state index in [-0.39, 0.29) is 12.0 Å². The molecule has 0 unspecified atom stereocenters. The quantitative estimate of drug-likeness (QED) is 0.668. The highest BCUT2D eigenvalue weighted by molar-refractivity contribution is 5.15. The molecular formula is C9H13N. The predicted molar refractivity (Wildman–Crippen MR) is 43.8 cm³/mol. The Kier molecular flexibility index (Phi) is 0.702. The summed E-state index contributed by atoms with van der Waals surface area (Å²) in [5.74, 6) is 0. The zero-order valence-electron chi connectivity index (χ0n) is 13.4. The monoisotopic (exact) mass is 143 g/mol. The lowest BCUT2D eigenvalue weighted by molar-refractivity contribution is 0.738. The van der Waals surface area contributed by atoms with Crippen LogP contribution in [0.4, 0.5) is 0 Å². The van der Waals surface area contributed by atoms with Gasteiger partial charge in [0.25, 0.3) is 0 Å². The van der Waals surface area contributed by atoms with Crippen LogP contribution in [0.15, 0.2) is 30.2 Å². The normalized spacial score (nSPS) is 25.7. The van der Waals surface area contributed by atoms with Crippen molar-refractivity contribution in [1.82, 2.24) is 0 Å². The van der Waals surface area contributed by atoms with Gasteiger partial charge in [0.05, 0.1) is 6.85 Å². The van der Waals surface area contributed by atoms with Crippen LogP contribution in [-0.4, -0.2) is 6.04 Å². The van der Waals surface area contributed by atoms with Crippen molar-refractivity contribution in [1.29, 1.82) is 0 Å². The maximum atomic E-state index is 7.62. The molecule has 1 rings (SSSR count). The minimum absolute atomic E-state index is 0.0652. The zero-order chi connectivity index (χ0) is 14.2. The van der Waals surface area contributed by atoms with Gasteiger partial charge in [-0.1, -0.05) is 30.2 Å². The Bertz CT molecular complexity index is 438. The third kappa shape index (κ3) is 2.19. The fourth-order valence-electron chi connectivity index (χ4n) is 0.598. The van der Waals surface area contributed by atoms with E-state index in [4.69, 9.17) is 16.7 Å². The van der Waals surface area contributed by atoms with Crippen molar-refractivity contribution in [3.8, 4) is 0 Å². The van der Waals surface area contributed by atoms with Crippen LogP contribution in [-0.2, 0) is 6.42 Å². The molecule has 0 saturated carbocycles. The topological polar surface area (TPSA) is 26.0 Å². The molecule has 1 heteroatoms. The minimum atomic E-state index is -2.43. The first-order chi connectivity index (χ1) is 8.07. The van der Waals surface area contributed by atoms with Gasteiger partial charge in [0, 0.05) is 10.2 Å². The molecule has 54 valence electrons. The number of rotatable bonds is 2. The maximum absolute atomic E-state index is 7.62. The standard InChI is InChI=1S/C9H13N/c1-8(10)7-9-5-3-2-4-6-9/h2-6,8H,7,10H2,1H3/t8-/m0/s1/i1D3,2D,3D,4D,5D,6D. The van der Waals surface area contributed by atoms with Crippen molar-refractivity contribution >= 4 is 0 Å². The Morgan fingerprint density at radius 2 is 2.30 bits per heavy atom. The van der Waals surface area contributed by atoms with Crippen molar-refractivity contribution in [3.05, 3.63) is 35.8 Å². The summed E-state index contributed by atoms with van der Waals surface area (Å²) in [7, 11) is 0. The highest BCUT2D eigenvalue weighted by atomic mass is 14.6. The molecule has 0 saturated heterocycles. The van der Waals surface area contributed by atoms with E-state index in [2.05, 4.69) is 0 Å². The van der Waals surface area contributed by atoms with E-state index in [0.717, 1.165) is 0 Å². The smallest absolute Gasteiger partial charge is 0.0626 e. The van der Waals surface area contributed by atoms with E-state index in [1.54, 1.807) is 0 Å². The number of nitrogens with two attached hydrogens (primary N) is 1. The molecule has 0 heterocycles. The Morgan fingerprint density at radius 1 is 1.60 bits per heavy atom. The summed E-state index contributed by atoms with van der Waals surface area (Å²) >= 11 is 0. The molecule has 0 amide bonds. The van der Waals surface area contributed by atoms with E-state index in [0.29, 0.717) is 0 Å². The van der Waals surface area contributed by atoms with Crippen LogP contribution in [0.3, 0.4) is 0 Å². The average molecular weight is 143 g/mol. The number of hydrogen-bond donors (Lipinski definition) is 1. The van der Waals surface area contributed by atoms with Gasteiger partial charge in [-0.2, -0.15) is 0 Å². The molecule has 10 heavy (non-hydrogen) atoms. The first kappa shape index (κ1) is 2.08. The van der Waals surface area contributed by atoms with Crippen LogP contribution in [0.5, 0.6) is 0 Å².